The Kier molecular flexibility index (Phi) is 2.58. The summed E-state index contributed by atoms with van der Waals surface area (Å²) in [6.45, 7) is 8.60. The van der Waals surface area contributed by atoms with Gasteiger partial charge in [0.2, 0.25) is 0 Å². The standard InChI is InChI=1S/C14H18N2/c1-10-5-7-11(8-6-10)12-9-13(16-15-12)14(2,3)4/h5-9H,1-4H3,(H,15,16). The molecule has 2 aromatic rings. The Bertz CT molecular complexity index is 472. The van der Waals surface area contributed by atoms with E-state index in [2.05, 4.69) is 68.2 Å². The van der Waals surface area contributed by atoms with Crippen LogP contribution < -0.4 is 0 Å². The van der Waals surface area contributed by atoms with Gasteiger partial charge in [-0.3, -0.25) is 5.10 Å². The third kappa shape index (κ3) is 2.16. The highest BCUT2D eigenvalue weighted by molar-refractivity contribution is 5.59. The summed E-state index contributed by atoms with van der Waals surface area (Å²) in [5.74, 6) is 0. The second-order valence-electron chi connectivity index (χ2n) is 5.28. The molecule has 16 heavy (non-hydrogen) atoms. The Hall–Kier alpha value is -1.57. The normalized spacial score (nSPS) is 11.8. The number of H-pyrrole nitrogens is 1. The van der Waals surface area contributed by atoms with E-state index >= 15 is 0 Å². The van der Waals surface area contributed by atoms with Crippen molar-refractivity contribution in [1.82, 2.24) is 10.2 Å². The average Bonchev–Trinajstić information content (AvgIpc) is 2.67. The molecule has 0 aliphatic rings. The van der Waals surface area contributed by atoms with Crippen molar-refractivity contribution in [2.75, 3.05) is 0 Å². The van der Waals surface area contributed by atoms with Gasteiger partial charge in [-0.15, -0.1) is 0 Å². The lowest BCUT2D eigenvalue weighted by Gasteiger charge is -2.13. The highest BCUT2D eigenvalue weighted by atomic mass is 15.1. The molecule has 2 rings (SSSR count). The minimum atomic E-state index is 0.0967. The fourth-order valence-electron chi connectivity index (χ4n) is 1.59. The number of benzene rings is 1. The molecule has 1 heterocycles. The molecule has 0 amide bonds. The van der Waals surface area contributed by atoms with Crippen LogP contribution in [0, 0.1) is 6.92 Å². The molecule has 1 aromatic carbocycles. The molecule has 0 fully saturated rings. The maximum atomic E-state index is 4.36. The van der Waals surface area contributed by atoms with Crippen LogP contribution in [0.15, 0.2) is 30.3 Å². The Labute approximate surface area is 96.7 Å². The summed E-state index contributed by atoms with van der Waals surface area (Å²) in [6, 6.07) is 10.6. The van der Waals surface area contributed by atoms with Crippen molar-refractivity contribution in [1.29, 1.82) is 0 Å². The van der Waals surface area contributed by atoms with E-state index in [1.807, 2.05) is 0 Å². The van der Waals surface area contributed by atoms with Crippen molar-refractivity contribution in [3.05, 3.63) is 41.6 Å². The van der Waals surface area contributed by atoms with Gasteiger partial charge in [0.15, 0.2) is 0 Å². The Morgan fingerprint density at radius 3 is 2.19 bits per heavy atom. The van der Waals surface area contributed by atoms with E-state index in [0.29, 0.717) is 0 Å². The summed E-state index contributed by atoms with van der Waals surface area (Å²) in [5.41, 5.74) is 4.75. The highest BCUT2D eigenvalue weighted by Gasteiger charge is 2.17. The van der Waals surface area contributed by atoms with Gasteiger partial charge in [-0.25, -0.2) is 0 Å². The second-order valence-corrected chi connectivity index (χ2v) is 5.28. The van der Waals surface area contributed by atoms with Gasteiger partial charge in [0.25, 0.3) is 0 Å². The molecule has 2 nitrogen and oxygen atoms in total. The molecular formula is C14H18N2. The first-order chi connectivity index (χ1) is 7.47. The maximum absolute atomic E-state index is 4.36. The van der Waals surface area contributed by atoms with Crippen molar-refractivity contribution < 1.29 is 0 Å². The molecule has 0 atom stereocenters. The van der Waals surface area contributed by atoms with Gasteiger partial charge in [0.05, 0.1) is 11.4 Å². The van der Waals surface area contributed by atoms with E-state index in [1.54, 1.807) is 0 Å². The topological polar surface area (TPSA) is 28.7 Å². The minimum Gasteiger partial charge on any atom is -0.278 e. The molecule has 1 aromatic heterocycles. The third-order valence-electron chi connectivity index (χ3n) is 2.71. The number of hydrogen-bond acceptors (Lipinski definition) is 1. The van der Waals surface area contributed by atoms with Gasteiger partial charge in [-0.1, -0.05) is 50.6 Å². The molecule has 2 heteroatoms. The first-order valence-electron chi connectivity index (χ1n) is 5.60. The SMILES string of the molecule is Cc1ccc(-c2cc(C(C)(C)C)n[nH]2)cc1. The van der Waals surface area contributed by atoms with Crippen LogP contribution in [0.3, 0.4) is 0 Å². The summed E-state index contributed by atoms with van der Waals surface area (Å²) >= 11 is 0. The lowest BCUT2D eigenvalue weighted by Crippen LogP contribution is -2.11. The largest absolute Gasteiger partial charge is 0.278 e. The third-order valence-corrected chi connectivity index (χ3v) is 2.71. The van der Waals surface area contributed by atoms with Crippen molar-refractivity contribution in [3.63, 3.8) is 0 Å². The number of nitrogens with one attached hydrogen (secondary N) is 1. The summed E-state index contributed by atoms with van der Waals surface area (Å²) in [7, 11) is 0. The number of aryl methyl sites for hydroxylation is 1. The molecule has 0 spiro atoms. The van der Waals surface area contributed by atoms with Gasteiger partial charge in [0.1, 0.15) is 0 Å². The first-order valence-corrected chi connectivity index (χ1v) is 5.60. The maximum Gasteiger partial charge on any atom is 0.0682 e. The number of nitrogens with zero attached hydrogens (tertiary/aromatic N) is 1. The van der Waals surface area contributed by atoms with Crippen LogP contribution in [0.5, 0.6) is 0 Å². The molecular weight excluding hydrogens is 196 g/mol. The summed E-state index contributed by atoms with van der Waals surface area (Å²) in [5, 5.41) is 7.46. The average molecular weight is 214 g/mol. The van der Waals surface area contributed by atoms with Crippen LogP contribution >= 0.6 is 0 Å². The molecule has 0 unspecified atom stereocenters. The molecule has 0 radical (unpaired) electrons. The van der Waals surface area contributed by atoms with E-state index in [0.717, 1.165) is 11.4 Å². The number of hydrogen-bond donors (Lipinski definition) is 1. The first kappa shape index (κ1) is 10.9. The van der Waals surface area contributed by atoms with Crippen LogP contribution in [-0.4, -0.2) is 10.2 Å². The number of aromatic nitrogens is 2. The van der Waals surface area contributed by atoms with Gasteiger partial charge in [-0.05, 0) is 18.6 Å². The van der Waals surface area contributed by atoms with Crippen LogP contribution in [0.4, 0.5) is 0 Å². The van der Waals surface area contributed by atoms with E-state index in [9.17, 15) is 0 Å². The molecule has 0 bridgehead atoms. The van der Waals surface area contributed by atoms with Crippen LogP contribution in [0.2, 0.25) is 0 Å². The van der Waals surface area contributed by atoms with E-state index in [1.165, 1.54) is 11.1 Å². The predicted molar refractivity (Wildman–Crippen MR) is 67.5 cm³/mol. The quantitative estimate of drug-likeness (QED) is 0.770. The molecule has 84 valence electrons. The molecule has 0 saturated heterocycles. The molecule has 0 aliphatic heterocycles. The lowest BCUT2D eigenvalue weighted by atomic mass is 9.92. The van der Waals surface area contributed by atoms with Gasteiger partial charge >= 0.3 is 0 Å². The van der Waals surface area contributed by atoms with E-state index < -0.39 is 0 Å². The van der Waals surface area contributed by atoms with Crippen LogP contribution in [0.1, 0.15) is 32.0 Å². The minimum absolute atomic E-state index is 0.0967. The van der Waals surface area contributed by atoms with Crippen LogP contribution in [-0.2, 0) is 5.41 Å². The zero-order valence-electron chi connectivity index (χ0n) is 10.3. The van der Waals surface area contributed by atoms with Crippen LogP contribution in [0.25, 0.3) is 11.3 Å². The summed E-state index contributed by atoms with van der Waals surface area (Å²) in [6.07, 6.45) is 0. The Balaban J connectivity index is 2.35. The molecule has 0 saturated carbocycles. The van der Waals surface area contributed by atoms with E-state index in [4.69, 9.17) is 0 Å². The zero-order chi connectivity index (χ0) is 11.8. The summed E-state index contributed by atoms with van der Waals surface area (Å²) in [4.78, 5) is 0. The van der Waals surface area contributed by atoms with Gasteiger partial charge in [0, 0.05) is 5.41 Å². The lowest BCUT2D eigenvalue weighted by molar-refractivity contribution is 0.567. The highest BCUT2D eigenvalue weighted by Crippen LogP contribution is 2.25. The van der Waals surface area contributed by atoms with Crippen molar-refractivity contribution >= 4 is 0 Å². The number of aromatic amines is 1. The molecule has 1 N–H and O–H groups in total. The Morgan fingerprint density at radius 1 is 1.06 bits per heavy atom. The number of rotatable bonds is 1. The zero-order valence-corrected chi connectivity index (χ0v) is 10.3. The Morgan fingerprint density at radius 2 is 1.69 bits per heavy atom. The second kappa shape index (κ2) is 3.78. The van der Waals surface area contributed by atoms with Gasteiger partial charge < -0.3 is 0 Å². The fourth-order valence-corrected chi connectivity index (χ4v) is 1.59. The predicted octanol–water partition coefficient (Wildman–Crippen LogP) is 3.68. The summed E-state index contributed by atoms with van der Waals surface area (Å²) < 4.78 is 0. The fraction of sp³-hybridized carbons (Fsp3) is 0.357. The van der Waals surface area contributed by atoms with Gasteiger partial charge in [-0.2, -0.15) is 5.10 Å². The van der Waals surface area contributed by atoms with Crippen molar-refractivity contribution in [3.8, 4) is 11.3 Å². The molecule has 0 aliphatic carbocycles. The van der Waals surface area contributed by atoms with Crippen molar-refractivity contribution in [2.45, 2.75) is 33.1 Å². The van der Waals surface area contributed by atoms with E-state index in [-0.39, 0.29) is 5.41 Å². The smallest absolute Gasteiger partial charge is 0.0682 e. The monoisotopic (exact) mass is 214 g/mol. The van der Waals surface area contributed by atoms with Crippen molar-refractivity contribution in [2.24, 2.45) is 0 Å².